The molecule has 0 saturated heterocycles. The maximum absolute atomic E-state index is 12.4. The van der Waals surface area contributed by atoms with E-state index in [2.05, 4.69) is 20.5 Å². The summed E-state index contributed by atoms with van der Waals surface area (Å²) in [6.07, 6.45) is 0.893. The van der Waals surface area contributed by atoms with E-state index in [4.69, 9.17) is 0 Å². The van der Waals surface area contributed by atoms with Crippen LogP contribution in [-0.4, -0.2) is 22.1 Å². The minimum absolute atomic E-state index is 0.0852. The van der Waals surface area contributed by atoms with Gasteiger partial charge in [0.2, 0.25) is 0 Å². The normalized spacial score (nSPS) is 11.6. The summed E-state index contributed by atoms with van der Waals surface area (Å²) in [5, 5.41) is 3.64. The Bertz CT molecular complexity index is 639. The number of amides is 1. The molecule has 0 bridgehead atoms. The van der Waals surface area contributed by atoms with Gasteiger partial charge in [-0.1, -0.05) is 12.1 Å². The third-order valence-electron chi connectivity index (χ3n) is 2.41. The van der Waals surface area contributed by atoms with Crippen molar-refractivity contribution in [3.8, 4) is 0 Å². The van der Waals surface area contributed by atoms with Crippen molar-refractivity contribution < 1.29 is 18.0 Å². The summed E-state index contributed by atoms with van der Waals surface area (Å²) in [6, 6.07) is 4.37. The van der Waals surface area contributed by atoms with E-state index in [0.717, 1.165) is 12.1 Å². The number of aromatic nitrogens is 2. The van der Waals surface area contributed by atoms with Gasteiger partial charge in [-0.05, 0) is 17.7 Å². The van der Waals surface area contributed by atoms with Crippen LogP contribution in [-0.2, 0) is 6.18 Å². The van der Waals surface area contributed by atoms with E-state index in [1.165, 1.54) is 36.9 Å². The molecule has 0 saturated carbocycles. The van der Waals surface area contributed by atoms with Crippen molar-refractivity contribution in [2.24, 2.45) is 5.10 Å². The Balaban J connectivity index is 1.97. The molecule has 1 N–H and O–H groups in total. The number of nitrogens with zero attached hydrogens (tertiary/aromatic N) is 3. The Kier molecular flexibility index (Phi) is 4.27. The number of rotatable bonds is 3. The number of nitrogens with one attached hydrogen (secondary N) is 1. The molecule has 0 radical (unpaired) electrons. The van der Waals surface area contributed by atoms with Crippen LogP contribution in [0.3, 0.4) is 0 Å². The molecule has 1 aromatic heterocycles. The molecule has 0 aliphatic heterocycles. The van der Waals surface area contributed by atoms with Gasteiger partial charge in [0, 0.05) is 12.4 Å². The van der Waals surface area contributed by atoms with Crippen molar-refractivity contribution in [1.82, 2.24) is 15.4 Å². The third kappa shape index (κ3) is 4.10. The highest BCUT2D eigenvalue weighted by atomic mass is 19.4. The first-order chi connectivity index (χ1) is 9.97. The van der Waals surface area contributed by atoms with Crippen LogP contribution in [0, 0.1) is 0 Å². The Morgan fingerprint density at radius 1 is 1.19 bits per heavy atom. The summed E-state index contributed by atoms with van der Waals surface area (Å²) >= 11 is 0. The van der Waals surface area contributed by atoms with Crippen LogP contribution >= 0.6 is 0 Å². The van der Waals surface area contributed by atoms with Crippen LogP contribution in [0.2, 0.25) is 0 Å². The number of carbonyl (C=O) groups excluding carboxylic acids is 1. The third-order valence-corrected chi connectivity index (χ3v) is 2.41. The minimum atomic E-state index is -4.38. The summed E-state index contributed by atoms with van der Waals surface area (Å²) in [6.45, 7) is 0. The number of halogens is 3. The molecule has 5 nitrogen and oxygen atoms in total. The summed E-state index contributed by atoms with van der Waals surface area (Å²) in [7, 11) is 0. The molecular formula is C13H9F3N4O. The molecule has 0 aliphatic carbocycles. The molecule has 1 heterocycles. The first-order valence-corrected chi connectivity index (χ1v) is 5.73. The Hall–Kier alpha value is -2.77. The molecule has 2 aromatic rings. The van der Waals surface area contributed by atoms with E-state index in [-0.39, 0.29) is 5.69 Å². The zero-order chi connectivity index (χ0) is 15.3. The zero-order valence-electron chi connectivity index (χ0n) is 10.5. The highest BCUT2D eigenvalue weighted by molar-refractivity contribution is 5.92. The quantitative estimate of drug-likeness (QED) is 0.697. The van der Waals surface area contributed by atoms with Crippen molar-refractivity contribution >= 4 is 12.1 Å². The smallest absolute Gasteiger partial charge is 0.265 e. The second-order valence-electron chi connectivity index (χ2n) is 3.91. The first kappa shape index (κ1) is 14.6. The zero-order valence-corrected chi connectivity index (χ0v) is 10.5. The van der Waals surface area contributed by atoms with Gasteiger partial charge < -0.3 is 0 Å². The van der Waals surface area contributed by atoms with E-state index < -0.39 is 17.6 Å². The summed E-state index contributed by atoms with van der Waals surface area (Å²) in [5.74, 6) is -0.564. The van der Waals surface area contributed by atoms with E-state index in [9.17, 15) is 18.0 Å². The van der Waals surface area contributed by atoms with E-state index in [0.29, 0.717) is 5.56 Å². The monoisotopic (exact) mass is 294 g/mol. The lowest BCUT2D eigenvalue weighted by Crippen LogP contribution is -2.19. The fraction of sp³-hybridized carbons (Fsp3) is 0.0769. The highest BCUT2D eigenvalue weighted by Gasteiger charge is 2.29. The van der Waals surface area contributed by atoms with Crippen LogP contribution in [0.15, 0.2) is 48.0 Å². The van der Waals surface area contributed by atoms with Gasteiger partial charge in [0.1, 0.15) is 5.69 Å². The number of hydrogen-bond donors (Lipinski definition) is 1. The van der Waals surface area contributed by atoms with E-state index in [1.807, 2.05) is 0 Å². The lowest BCUT2D eigenvalue weighted by Gasteiger charge is -2.05. The molecule has 0 atom stereocenters. The minimum Gasteiger partial charge on any atom is -0.265 e. The molecule has 2 rings (SSSR count). The van der Waals surface area contributed by atoms with E-state index in [1.54, 1.807) is 0 Å². The van der Waals surface area contributed by atoms with Gasteiger partial charge in [0.15, 0.2) is 0 Å². The molecule has 0 spiro atoms. The number of benzene rings is 1. The Morgan fingerprint density at radius 2 is 1.90 bits per heavy atom. The number of alkyl halides is 3. The lowest BCUT2D eigenvalue weighted by atomic mass is 10.1. The maximum Gasteiger partial charge on any atom is 0.416 e. The largest absolute Gasteiger partial charge is 0.416 e. The molecule has 0 aliphatic rings. The van der Waals surface area contributed by atoms with Crippen molar-refractivity contribution in [3.63, 3.8) is 0 Å². The molecule has 21 heavy (non-hydrogen) atoms. The highest BCUT2D eigenvalue weighted by Crippen LogP contribution is 2.28. The molecule has 1 aromatic carbocycles. The molecule has 1 amide bonds. The molecule has 108 valence electrons. The molecular weight excluding hydrogens is 285 g/mol. The summed E-state index contributed by atoms with van der Waals surface area (Å²) < 4.78 is 37.1. The molecule has 0 unspecified atom stereocenters. The Labute approximate surface area is 117 Å². The fourth-order valence-corrected chi connectivity index (χ4v) is 1.40. The van der Waals surface area contributed by atoms with Gasteiger partial charge >= 0.3 is 6.18 Å². The second kappa shape index (κ2) is 6.12. The van der Waals surface area contributed by atoms with Crippen LogP contribution in [0.25, 0.3) is 0 Å². The average Bonchev–Trinajstić information content (AvgIpc) is 2.47. The fourth-order valence-electron chi connectivity index (χ4n) is 1.40. The van der Waals surface area contributed by atoms with Gasteiger partial charge in [0.05, 0.1) is 18.0 Å². The predicted octanol–water partition coefficient (Wildman–Crippen LogP) is 2.26. The van der Waals surface area contributed by atoms with Crippen LogP contribution < -0.4 is 5.43 Å². The van der Waals surface area contributed by atoms with Crippen LogP contribution in [0.1, 0.15) is 21.6 Å². The number of carbonyl (C=O) groups is 1. The Morgan fingerprint density at radius 3 is 2.48 bits per heavy atom. The van der Waals surface area contributed by atoms with Gasteiger partial charge in [-0.2, -0.15) is 18.3 Å². The van der Waals surface area contributed by atoms with E-state index >= 15 is 0 Å². The van der Waals surface area contributed by atoms with Gasteiger partial charge in [-0.25, -0.2) is 10.4 Å². The van der Waals surface area contributed by atoms with Gasteiger partial charge in [-0.15, -0.1) is 0 Å². The number of hydrogen-bond acceptors (Lipinski definition) is 4. The van der Waals surface area contributed by atoms with Crippen molar-refractivity contribution in [2.75, 3.05) is 0 Å². The summed E-state index contributed by atoms with van der Waals surface area (Å²) in [5.41, 5.74) is 1.96. The summed E-state index contributed by atoms with van der Waals surface area (Å²) in [4.78, 5) is 19.0. The van der Waals surface area contributed by atoms with Crippen LogP contribution in [0.5, 0.6) is 0 Å². The topological polar surface area (TPSA) is 67.2 Å². The van der Waals surface area contributed by atoms with Crippen molar-refractivity contribution in [1.29, 1.82) is 0 Å². The molecule has 8 heteroatoms. The van der Waals surface area contributed by atoms with Crippen molar-refractivity contribution in [2.45, 2.75) is 6.18 Å². The van der Waals surface area contributed by atoms with Gasteiger partial charge in [-0.3, -0.25) is 9.78 Å². The lowest BCUT2D eigenvalue weighted by molar-refractivity contribution is -0.137. The maximum atomic E-state index is 12.4. The average molecular weight is 294 g/mol. The standard InChI is InChI=1S/C13H9F3N4O/c14-13(15,16)10-3-1-9(2-4-10)7-19-20-12(21)11-8-17-5-6-18-11/h1-8H,(H,20,21)/b19-7+. The van der Waals surface area contributed by atoms with Gasteiger partial charge in [0.25, 0.3) is 5.91 Å². The first-order valence-electron chi connectivity index (χ1n) is 5.73. The van der Waals surface area contributed by atoms with Crippen molar-refractivity contribution in [3.05, 3.63) is 59.7 Å². The predicted molar refractivity (Wildman–Crippen MR) is 68.5 cm³/mol. The van der Waals surface area contributed by atoms with Crippen LogP contribution in [0.4, 0.5) is 13.2 Å². The molecule has 0 fully saturated rings. The SMILES string of the molecule is O=C(N/N=C/c1ccc(C(F)(F)F)cc1)c1cnccn1. The second-order valence-corrected chi connectivity index (χ2v) is 3.91. The number of hydrazone groups is 1.